The third-order valence-electron chi connectivity index (χ3n) is 9.52. The van der Waals surface area contributed by atoms with Crippen LogP contribution in [0.3, 0.4) is 0 Å². The van der Waals surface area contributed by atoms with Gasteiger partial charge in [-0.15, -0.1) is 0 Å². The van der Waals surface area contributed by atoms with E-state index in [-0.39, 0.29) is 26.2 Å². The van der Waals surface area contributed by atoms with Gasteiger partial charge in [0.05, 0.1) is 37.9 Å². The second kappa shape index (κ2) is 35.8. The van der Waals surface area contributed by atoms with E-state index in [1.54, 1.807) is 0 Å². The van der Waals surface area contributed by atoms with E-state index in [9.17, 15) is 24.5 Å². The number of nitrogens with two attached hydrogens (primary N) is 1. The minimum Gasteiger partial charge on any atom is -0.393 e. The van der Waals surface area contributed by atoms with Crippen LogP contribution in [0.4, 0.5) is 0 Å². The summed E-state index contributed by atoms with van der Waals surface area (Å²) in [6, 6.07) is -0.888. The Labute approximate surface area is 302 Å². The van der Waals surface area contributed by atoms with Crippen molar-refractivity contribution in [1.29, 1.82) is 0 Å². The van der Waals surface area contributed by atoms with Gasteiger partial charge in [0.2, 0.25) is 5.91 Å². The number of unbranched alkanes of at least 4 members (excludes halogenated alkanes) is 25. The maximum Gasteiger partial charge on any atom is 0.472 e. The molecule has 0 saturated carbocycles. The molecule has 0 aromatic heterocycles. The number of hydrogen-bond acceptors (Lipinski definition) is 7. The van der Waals surface area contributed by atoms with Crippen molar-refractivity contribution in [2.45, 2.75) is 225 Å². The van der Waals surface area contributed by atoms with Gasteiger partial charge in [0.25, 0.3) is 0 Å². The molecule has 0 radical (unpaired) electrons. The van der Waals surface area contributed by atoms with Gasteiger partial charge in [-0.25, -0.2) is 4.57 Å². The zero-order valence-corrected chi connectivity index (χ0v) is 33.0. The molecule has 4 atom stereocenters. The summed E-state index contributed by atoms with van der Waals surface area (Å²) < 4.78 is 22.0. The zero-order chi connectivity index (χ0) is 36.3. The molecule has 6 N–H and O–H groups in total. The Balaban J connectivity index is 4.20. The van der Waals surface area contributed by atoms with E-state index in [0.717, 1.165) is 38.5 Å². The first-order valence-electron chi connectivity index (χ1n) is 20.7. The van der Waals surface area contributed by atoms with Gasteiger partial charge in [0.1, 0.15) is 0 Å². The molecule has 0 heterocycles. The molecule has 1 amide bonds. The molecular weight excluding hydrogens is 639 g/mol. The van der Waals surface area contributed by atoms with Crippen molar-refractivity contribution in [3.05, 3.63) is 0 Å². The van der Waals surface area contributed by atoms with Crippen molar-refractivity contribution in [3.63, 3.8) is 0 Å². The minimum absolute atomic E-state index is 0.0623. The second-order valence-corrected chi connectivity index (χ2v) is 15.9. The van der Waals surface area contributed by atoms with Crippen molar-refractivity contribution < 1.29 is 33.5 Å². The molecule has 49 heavy (non-hydrogen) atoms. The highest BCUT2D eigenvalue weighted by molar-refractivity contribution is 7.47. The summed E-state index contributed by atoms with van der Waals surface area (Å²) >= 11 is 0. The monoisotopic (exact) mass is 721 g/mol. The number of phosphoric ester groups is 1. The maximum atomic E-state index is 12.8. The standard InChI is InChI=1S/C39H81N2O7P/c1-3-5-7-9-11-13-15-16-17-18-19-20-21-22-24-26-28-30-36(42)34-39(44)41-37(35-48-49(45,46)47-33-32-40)38(43)31-29-27-25-23-14-12-10-8-6-4-2/h36-38,42-43H,3-35,40H2,1-2H3,(H,41,44)(H,45,46). The van der Waals surface area contributed by atoms with E-state index < -0.39 is 32.0 Å². The Morgan fingerprint density at radius 1 is 0.612 bits per heavy atom. The number of rotatable bonds is 39. The van der Waals surface area contributed by atoms with Crippen molar-refractivity contribution in [1.82, 2.24) is 5.32 Å². The first-order valence-corrected chi connectivity index (χ1v) is 22.2. The second-order valence-electron chi connectivity index (χ2n) is 14.4. The Morgan fingerprint density at radius 3 is 1.37 bits per heavy atom. The molecule has 0 saturated heterocycles. The maximum absolute atomic E-state index is 12.8. The lowest BCUT2D eigenvalue weighted by atomic mass is 10.0. The Kier molecular flexibility index (Phi) is 35.4. The van der Waals surface area contributed by atoms with Crippen molar-refractivity contribution >= 4 is 13.7 Å². The van der Waals surface area contributed by atoms with Gasteiger partial charge < -0.3 is 26.2 Å². The van der Waals surface area contributed by atoms with E-state index >= 15 is 0 Å². The number of amides is 1. The van der Waals surface area contributed by atoms with Gasteiger partial charge in [-0.05, 0) is 12.8 Å². The lowest BCUT2D eigenvalue weighted by Crippen LogP contribution is -2.47. The molecule has 294 valence electrons. The van der Waals surface area contributed by atoms with E-state index in [2.05, 4.69) is 19.2 Å². The predicted octanol–water partition coefficient (Wildman–Crippen LogP) is 10.0. The van der Waals surface area contributed by atoms with Gasteiger partial charge >= 0.3 is 7.82 Å². The molecule has 0 aromatic carbocycles. The molecule has 0 fully saturated rings. The fourth-order valence-electron chi connectivity index (χ4n) is 6.36. The SMILES string of the molecule is CCCCCCCCCCCCCCCCCCCC(O)CC(=O)NC(COP(=O)(O)OCCN)C(O)CCCCCCCCCCCC. The van der Waals surface area contributed by atoms with Crippen LogP contribution in [0.1, 0.15) is 206 Å². The lowest BCUT2D eigenvalue weighted by molar-refractivity contribution is -0.125. The first kappa shape index (κ1) is 48.5. The third kappa shape index (κ3) is 34.3. The number of hydrogen-bond donors (Lipinski definition) is 5. The van der Waals surface area contributed by atoms with Gasteiger partial charge in [0, 0.05) is 6.54 Å². The van der Waals surface area contributed by atoms with Gasteiger partial charge in [0.15, 0.2) is 0 Å². The van der Waals surface area contributed by atoms with E-state index in [4.69, 9.17) is 14.8 Å². The quantitative estimate of drug-likeness (QED) is 0.0311. The summed E-state index contributed by atoms with van der Waals surface area (Å²) in [4.78, 5) is 22.7. The van der Waals surface area contributed by atoms with Crippen molar-refractivity contribution in [2.75, 3.05) is 19.8 Å². The van der Waals surface area contributed by atoms with Crippen LogP contribution in [0, 0.1) is 0 Å². The number of carbonyl (C=O) groups excluding carboxylic acids is 1. The molecule has 0 bridgehead atoms. The summed E-state index contributed by atoms with van der Waals surface area (Å²) in [5, 5.41) is 24.1. The Hall–Kier alpha value is -0.540. The van der Waals surface area contributed by atoms with Crippen LogP contribution in [-0.2, 0) is 18.4 Å². The number of aliphatic hydroxyl groups is 2. The van der Waals surface area contributed by atoms with Crippen LogP contribution in [-0.4, -0.2) is 59.0 Å². The van der Waals surface area contributed by atoms with E-state index in [0.29, 0.717) is 12.8 Å². The summed E-state index contributed by atoms with van der Waals surface area (Å²) in [6.07, 6.45) is 32.9. The van der Waals surface area contributed by atoms with Crippen LogP contribution < -0.4 is 11.1 Å². The molecule has 0 aliphatic rings. The molecule has 0 aromatic rings. The number of phosphoric acid groups is 1. The van der Waals surface area contributed by atoms with E-state index in [1.807, 2.05) is 0 Å². The molecule has 0 aliphatic carbocycles. The van der Waals surface area contributed by atoms with Crippen LogP contribution in [0.5, 0.6) is 0 Å². The average molecular weight is 721 g/mol. The smallest absolute Gasteiger partial charge is 0.393 e. The Bertz CT molecular complexity index is 761. The molecule has 4 unspecified atom stereocenters. The summed E-state index contributed by atoms with van der Waals surface area (Å²) in [6.45, 7) is 4.04. The largest absolute Gasteiger partial charge is 0.472 e. The third-order valence-corrected chi connectivity index (χ3v) is 10.5. The molecule has 0 rings (SSSR count). The van der Waals surface area contributed by atoms with Gasteiger partial charge in [-0.1, -0.05) is 187 Å². The lowest BCUT2D eigenvalue weighted by Gasteiger charge is -2.25. The summed E-state index contributed by atoms with van der Waals surface area (Å²) in [7, 11) is -4.36. The molecule has 0 spiro atoms. The highest BCUT2D eigenvalue weighted by atomic mass is 31.2. The van der Waals surface area contributed by atoms with Crippen LogP contribution in [0.15, 0.2) is 0 Å². The number of carbonyl (C=O) groups is 1. The normalized spacial score (nSPS) is 14.8. The number of aliphatic hydroxyl groups excluding tert-OH is 2. The summed E-state index contributed by atoms with van der Waals surface area (Å²) in [5.41, 5.74) is 5.35. The van der Waals surface area contributed by atoms with Crippen molar-refractivity contribution in [2.24, 2.45) is 5.73 Å². The van der Waals surface area contributed by atoms with E-state index in [1.165, 1.54) is 135 Å². The Morgan fingerprint density at radius 2 is 0.980 bits per heavy atom. The topological polar surface area (TPSA) is 151 Å². The number of nitrogens with one attached hydrogen (secondary N) is 1. The fourth-order valence-corrected chi connectivity index (χ4v) is 7.12. The summed E-state index contributed by atoms with van der Waals surface area (Å²) in [5.74, 6) is -0.411. The molecule has 10 heteroatoms. The minimum atomic E-state index is -4.36. The zero-order valence-electron chi connectivity index (χ0n) is 32.1. The molecule has 9 nitrogen and oxygen atoms in total. The molecular formula is C39H81N2O7P. The van der Waals surface area contributed by atoms with Gasteiger partial charge in [-0.3, -0.25) is 13.8 Å². The fraction of sp³-hybridized carbons (Fsp3) is 0.974. The average Bonchev–Trinajstić information content (AvgIpc) is 3.07. The predicted molar refractivity (Wildman–Crippen MR) is 205 cm³/mol. The van der Waals surface area contributed by atoms with Crippen LogP contribution in [0.2, 0.25) is 0 Å². The van der Waals surface area contributed by atoms with Crippen LogP contribution in [0.25, 0.3) is 0 Å². The highest BCUT2D eigenvalue weighted by Gasteiger charge is 2.28. The molecule has 0 aliphatic heterocycles. The van der Waals surface area contributed by atoms with Crippen LogP contribution >= 0.6 is 7.82 Å². The first-order chi connectivity index (χ1) is 23.8. The highest BCUT2D eigenvalue weighted by Crippen LogP contribution is 2.43. The van der Waals surface area contributed by atoms with Gasteiger partial charge in [-0.2, -0.15) is 0 Å². The van der Waals surface area contributed by atoms with Crippen molar-refractivity contribution in [3.8, 4) is 0 Å².